The number of hydrogen-bond donors (Lipinski definition) is 1. The van der Waals surface area contributed by atoms with Crippen LogP contribution in [0.3, 0.4) is 0 Å². The second kappa shape index (κ2) is 7.31. The number of carbonyl (C=O) groups excluding carboxylic acids is 1. The van der Waals surface area contributed by atoms with Crippen molar-refractivity contribution in [3.05, 3.63) is 35.9 Å². The van der Waals surface area contributed by atoms with E-state index in [4.69, 9.17) is 14.2 Å². The number of aliphatic hydroxyl groups is 1. The highest BCUT2D eigenvalue weighted by Crippen LogP contribution is 2.41. The summed E-state index contributed by atoms with van der Waals surface area (Å²) in [6.45, 7) is 9.64. The fourth-order valence-electron chi connectivity index (χ4n) is 2.94. The standard InChI is InChI=1S/C19H28O5/c1-13(2)24-19(5)18(3,4)17(21)16(22-11-12-23-19)15(20)14-9-7-6-8-10-14/h6-10,13,15-16,20H,11-12H2,1-5H3. The molecule has 3 unspecified atom stereocenters. The molecule has 1 aliphatic rings. The van der Waals surface area contributed by atoms with Gasteiger partial charge in [0.1, 0.15) is 12.2 Å². The van der Waals surface area contributed by atoms with Crippen LogP contribution in [0.1, 0.15) is 46.3 Å². The number of rotatable bonds is 4. The molecule has 134 valence electrons. The molecule has 0 saturated carbocycles. The molecule has 1 aromatic carbocycles. The van der Waals surface area contributed by atoms with E-state index in [0.29, 0.717) is 5.56 Å². The molecule has 1 aliphatic heterocycles. The number of Topliss-reactive ketones (excluding diaryl/α,β-unsaturated/α-hetero) is 1. The molecule has 1 fully saturated rings. The molecular formula is C19H28O5. The van der Waals surface area contributed by atoms with Crippen LogP contribution in [-0.2, 0) is 19.0 Å². The normalized spacial score (nSPS) is 29.1. The van der Waals surface area contributed by atoms with Gasteiger partial charge in [0.15, 0.2) is 11.6 Å². The predicted octanol–water partition coefficient (Wildman–Crippen LogP) is 2.87. The minimum atomic E-state index is -1.09. The first kappa shape index (κ1) is 19.1. The molecule has 0 radical (unpaired) electrons. The van der Waals surface area contributed by atoms with Crippen LogP contribution in [0.2, 0.25) is 0 Å². The highest BCUT2D eigenvalue weighted by Gasteiger charge is 2.53. The van der Waals surface area contributed by atoms with Gasteiger partial charge in [0.05, 0.1) is 24.7 Å². The van der Waals surface area contributed by atoms with Crippen molar-refractivity contribution in [1.82, 2.24) is 0 Å². The summed E-state index contributed by atoms with van der Waals surface area (Å²) in [5, 5.41) is 10.7. The summed E-state index contributed by atoms with van der Waals surface area (Å²) in [5.41, 5.74) is -0.336. The van der Waals surface area contributed by atoms with Crippen molar-refractivity contribution >= 4 is 5.78 Å². The summed E-state index contributed by atoms with van der Waals surface area (Å²) in [6, 6.07) is 9.08. The maximum absolute atomic E-state index is 13.2. The number of hydrogen-bond acceptors (Lipinski definition) is 5. The van der Waals surface area contributed by atoms with Crippen molar-refractivity contribution in [2.75, 3.05) is 13.2 Å². The minimum Gasteiger partial charge on any atom is -0.385 e. The molecule has 0 aliphatic carbocycles. The summed E-state index contributed by atoms with van der Waals surface area (Å²) < 4.78 is 17.5. The Morgan fingerprint density at radius 3 is 2.38 bits per heavy atom. The van der Waals surface area contributed by atoms with Gasteiger partial charge in [-0.15, -0.1) is 0 Å². The van der Waals surface area contributed by atoms with Gasteiger partial charge in [-0.2, -0.15) is 0 Å². The Labute approximate surface area is 143 Å². The second-order valence-corrected chi connectivity index (χ2v) is 7.10. The lowest BCUT2D eigenvalue weighted by Crippen LogP contribution is -2.58. The van der Waals surface area contributed by atoms with Crippen LogP contribution in [0.15, 0.2) is 30.3 Å². The molecule has 0 amide bonds. The maximum atomic E-state index is 13.2. The lowest BCUT2D eigenvalue weighted by atomic mass is 9.75. The molecule has 1 N–H and O–H groups in total. The first-order chi connectivity index (χ1) is 11.2. The molecule has 5 heteroatoms. The summed E-state index contributed by atoms with van der Waals surface area (Å²) >= 11 is 0. The molecule has 0 aromatic heterocycles. The zero-order chi connectivity index (χ0) is 18.0. The molecule has 24 heavy (non-hydrogen) atoms. The van der Waals surface area contributed by atoms with Gasteiger partial charge in [0.2, 0.25) is 0 Å². The topological polar surface area (TPSA) is 65.0 Å². The molecule has 1 saturated heterocycles. The van der Waals surface area contributed by atoms with E-state index in [-0.39, 0.29) is 25.1 Å². The van der Waals surface area contributed by atoms with Crippen LogP contribution in [0.25, 0.3) is 0 Å². The number of carbonyl (C=O) groups is 1. The monoisotopic (exact) mass is 336 g/mol. The fraction of sp³-hybridized carbons (Fsp3) is 0.632. The highest BCUT2D eigenvalue weighted by molar-refractivity contribution is 5.90. The van der Waals surface area contributed by atoms with Crippen molar-refractivity contribution in [3.63, 3.8) is 0 Å². The van der Waals surface area contributed by atoms with Crippen molar-refractivity contribution in [2.45, 2.75) is 58.7 Å². The Balaban J connectivity index is 2.33. The van der Waals surface area contributed by atoms with Crippen molar-refractivity contribution in [2.24, 2.45) is 5.41 Å². The lowest BCUT2D eigenvalue weighted by Gasteiger charge is -2.46. The van der Waals surface area contributed by atoms with E-state index in [2.05, 4.69) is 0 Å². The van der Waals surface area contributed by atoms with Gasteiger partial charge >= 0.3 is 0 Å². The van der Waals surface area contributed by atoms with Gasteiger partial charge in [0, 0.05) is 0 Å². The first-order valence-electron chi connectivity index (χ1n) is 8.40. The van der Waals surface area contributed by atoms with E-state index in [9.17, 15) is 9.90 Å². The summed E-state index contributed by atoms with van der Waals surface area (Å²) in [7, 11) is 0. The Bertz CT molecular complexity index is 554. The van der Waals surface area contributed by atoms with Crippen LogP contribution in [-0.4, -0.2) is 42.1 Å². The van der Waals surface area contributed by atoms with Crippen molar-refractivity contribution in [3.8, 4) is 0 Å². The molecule has 2 rings (SSSR count). The summed E-state index contributed by atoms with van der Waals surface area (Å²) in [6.07, 6.45) is -2.08. The predicted molar refractivity (Wildman–Crippen MR) is 90.5 cm³/mol. The van der Waals surface area contributed by atoms with E-state index < -0.39 is 23.4 Å². The molecule has 0 spiro atoms. The Morgan fingerprint density at radius 2 is 1.79 bits per heavy atom. The van der Waals surface area contributed by atoms with Gasteiger partial charge in [-0.3, -0.25) is 4.79 Å². The average molecular weight is 336 g/mol. The van der Waals surface area contributed by atoms with Crippen LogP contribution in [0.5, 0.6) is 0 Å². The van der Waals surface area contributed by atoms with Crippen LogP contribution in [0.4, 0.5) is 0 Å². The van der Waals surface area contributed by atoms with E-state index in [1.807, 2.05) is 32.0 Å². The highest BCUT2D eigenvalue weighted by atomic mass is 16.7. The minimum absolute atomic E-state index is 0.0973. The molecule has 0 bridgehead atoms. The summed E-state index contributed by atoms with van der Waals surface area (Å²) in [4.78, 5) is 13.2. The SMILES string of the molecule is CC(C)OC1(C)OCCOC(C(O)c2ccccc2)C(=O)C1(C)C. The first-order valence-corrected chi connectivity index (χ1v) is 8.40. The smallest absolute Gasteiger partial charge is 0.177 e. The second-order valence-electron chi connectivity index (χ2n) is 7.10. The van der Waals surface area contributed by atoms with Crippen LogP contribution in [0, 0.1) is 5.41 Å². The molecule has 1 heterocycles. The lowest BCUT2D eigenvalue weighted by molar-refractivity contribution is -0.301. The van der Waals surface area contributed by atoms with Crippen LogP contribution < -0.4 is 0 Å². The zero-order valence-corrected chi connectivity index (χ0v) is 15.1. The van der Waals surface area contributed by atoms with Gasteiger partial charge in [-0.05, 0) is 40.2 Å². The van der Waals surface area contributed by atoms with Gasteiger partial charge in [-0.1, -0.05) is 30.3 Å². The van der Waals surface area contributed by atoms with Crippen molar-refractivity contribution in [1.29, 1.82) is 0 Å². The Hall–Kier alpha value is -1.27. The van der Waals surface area contributed by atoms with Crippen LogP contribution >= 0.6 is 0 Å². The van der Waals surface area contributed by atoms with E-state index in [1.165, 1.54) is 0 Å². The largest absolute Gasteiger partial charge is 0.385 e. The third-order valence-electron chi connectivity index (χ3n) is 4.66. The quantitative estimate of drug-likeness (QED) is 0.916. The number of benzene rings is 1. The fourth-order valence-corrected chi connectivity index (χ4v) is 2.94. The van der Waals surface area contributed by atoms with E-state index in [0.717, 1.165) is 0 Å². The molecular weight excluding hydrogens is 308 g/mol. The summed E-state index contributed by atoms with van der Waals surface area (Å²) in [5.74, 6) is -1.32. The zero-order valence-electron chi connectivity index (χ0n) is 15.1. The molecule has 5 nitrogen and oxygen atoms in total. The van der Waals surface area contributed by atoms with E-state index in [1.54, 1.807) is 32.9 Å². The van der Waals surface area contributed by atoms with Crippen molar-refractivity contribution < 1.29 is 24.1 Å². The average Bonchev–Trinajstić information content (AvgIpc) is 2.53. The van der Waals surface area contributed by atoms with Gasteiger partial charge < -0.3 is 19.3 Å². The number of ether oxygens (including phenoxy) is 3. The van der Waals surface area contributed by atoms with Gasteiger partial charge in [0.25, 0.3) is 0 Å². The van der Waals surface area contributed by atoms with Gasteiger partial charge in [-0.25, -0.2) is 0 Å². The Kier molecular flexibility index (Phi) is 5.81. The third kappa shape index (κ3) is 3.70. The third-order valence-corrected chi connectivity index (χ3v) is 4.66. The maximum Gasteiger partial charge on any atom is 0.177 e. The van der Waals surface area contributed by atoms with E-state index >= 15 is 0 Å². The Morgan fingerprint density at radius 1 is 1.17 bits per heavy atom. The molecule has 1 aromatic rings. The number of aliphatic hydroxyl groups excluding tert-OH is 1. The number of ketones is 1. The molecule has 3 atom stereocenters.